The number of ketones is 4. The van der Waals surface area contributed by atoms with E-state index in [2.05, 4.69) is 65.1 Å². The van der Waals surface area contributed by atoms with E-state index in [1.54, 1.807) is 12.3 Å². The number of aliphatic hydroxyl groups is 1. The lowest BCUT2D eigenvalue weighted by molar-refractivity contribution is -0.149. The molecule has 1 heterocycles. The zero-order chi connectivity index (χ0) is 45.4. The molecule has 344 valence electrons. The van der Waals surface area contributed by atoms with Gasteiger partial charge in [0.1, 0.15) is 17.7 Å². The Morgan fingerprint density at radius 3 is 2.21 bits per heavy atom. The van der Waals surface area contributed by atoms with Gasteiger partial charge in [0.15, 0.2) is 5.78 Å². The summed E-state index contributed by atoms with van der Waals surface area (Å²) in [6.07, 6.45) is 30.2. The molecule has 0 aromatic carbocycles. The van der Waals surface area contributed by atoms with Crippen molar-refractivity contribution in [1.29, 1.82) is 0 Å². The molecule has 0 aromatic heterocycles. The first kappa shape index (κ1) is 51.3. The molecule has 8 heteroatoms. The zero-order valence-electron chi connectivity index (χ0n) is 39.5. The van der Waals surface area contributed by atoms with Crippen molar-refractivity contribution in [2.75, 3.05) is 6.61 Å². The van der Waals surface area contributed by atoms with Gasteiger partial charge in [-0.25, -0.2) is 0 Å². The van der Waals surface area contributed by atoms with Crippen molar-refractivity contribution < 1.29 is 33.8 Å². The van der Waals surface area contributed by atoms with E-state index in [0.717, 1.165) is 75.4 Å². The summed E-state index contributed by atoms with van der Waals surface area (Å²) in [7, 11) is 0. The topological polar surface area (TPSA) is 119 Å². The third-order valence-electron chi connectivity index (χ3n) is 14.5. The lowest BCUT2D eigenvalue weighted by Gasteiger charge is -2.38. The molecule has 1 N–H and O–H groups in total. The second-order valence-electron chi connectivity index (χ2n) is 20.2. The Bertz CT molecular complexity index is 1680. The minimum atomic E-state index is -0.699. The molecule has 4 aliphatic rings. The van der Waals surface area contributed by atoms with Gasteiger partial charge in [-0.3, -0.25) is 24.2 Å². The molecule has 0 bridgehead atoms. The molecule has 0 amide bonds. The summed E-state index contributed by atoms with van der Waals surface area (Å²) in [6.45, 7) is 21.9. The van der Waals surface area contributed by atoms with Gasteiger partial charge in [0.25, 0.3) is 0 Å². The van der Waals surface area contributed by atoms with Crippen molar-refractivity contribution in [1.82, 2.24) is 0 Å². The Kier molecular flexibility index (Phi) is 20.9. The quantitative estimate of drug-likeness (QED) is 0.0360. The summed E-state index contributed by atoms with van der Waals surface area (Å²) in [6, 6.07) is 0. The van der Waals surface area contributed by atoms with Gasteiger partial charge in [-0.15, -0.1) is 0 Å². The van der Waals surface area contributed by atoms with Gasteiger partial charge in [-0.2, -0.15) is 0 Å². The second kappa shape index (κ2) is 25.2. The highest BCUT2D eigenvalue weighted by Crippen LogP contribution is 2.47. The van der Waals surface area contributed by atoms with Gasteiger partial charge >= 0.3 is 0 Å². The number of aliphatic imine (C=N–C) groups is 1. The number of carbonyl (C=O) groups excluding carboxylic acids is 4. The Labute approximate surface area is 374 Å². The number of aliphatic hydroxyl groups excluding tert-OH is 1. The van der Waals surface area contributed by atoms with E-state index in [4.69, 9.17) is 9.47 Å². The summed E-state index contributed by atoms with van der Waals surface area (Å²) in [5.74, 6) is 1.63. The van der Waals surface area contributed by atoms with Crippen LogP contribution in [0.2, 0.25) is 0 Å². The number of nitrogens with zero attached hydrogens (tertiary/aromatic N) is 1. The summed E-state index contributed by atoms with van der Waals surface area (Å²) < 4.78 is 12.0. The molecule has 1 saturated heterocycles. The molecule has 8 unspecified atom stereocenters. The lowest BCUT2D eigenvalue weighted by Crippen LogP contribution is -2.38. The van der Waals surface area contributed by atoms with Crippen LogP contribution < -0.4 is 0 Å². The average Bonchev–Trinajstić information content (AvgIpc) is 4.18. The van der Waals surface area contributed by atoms with Crippen LogP contribution >= 0.6 is 0 Å². The Morgan fingerprint density at radius 2 is 1.58 bits per heavy atom. The molecule has 4 rings (SSSR count). The third-order valence-corrected chi connectivity index (χ3v) is 14.5. The van der Waals surface area contributed by atoms with Gasteiger partial charge in [-0.05, 0) is 157 Å². The third kappa shape index (κ3) is 17.3. The molecule has 0 aromatic rings. The van der Waals surface area contributed by atoms with E-state index in [0.29, 0.717) is 67.0 Å². The largest absolute Gasteiger partial charge is 0.389 e. The summed E-state index contributed by atoms with van der Waals surface area (Å²) in [5, 5.41) is 10.7. The smallest absolute Gasteiger partial charge is 0.226 e. The van der Waals surface area contributed by atoms with Crippen LogP contribution in [0.4, 0.5) is 0 Å². The van der Waals surface area contributed by atoms with Gasteiger partial charge in [0.05, 0.1) is 24.9 Å². The number of rotatable bonds is 28. The van der Waals surface area contributed by atoms with Crippen molar-refractivity contribution in [3.8, 4) is 0 Å². The van der Waals surface area contributed by atoms with Crippen LogP contribution in [-0.2, 0) is 28.7 Å². The van der Waals surface area contributed by atoms with Crippen molar-refractivity contribution in [3.63, 3.8) is 0 Å². The highest BCUT2D eigenvalue weighted by Gasteiger charge is 2.38. The summed E-state index contributed by atoms with van der Waals surface area (Å²) >= 11 is 0. The normalized spacial score (nSPS) is 27.0. The van der Waals surface area contributed by atoms with Crippen molar-refractivity contribution in [2.45, 2.75) is 182 Å². The molecule has 8 atom stereocenters. The lowest BCUT2D eigenvalue weighted by atomic mass is 9.70. The maximum absolute atomic E-state index is 13.8. The second-order valence-corrected chi connectivity index (χ2v) is 20.2. The van der Waals surface area contributed by atoms with E-state index in [1.807, 2.05) is 31.2 Å². The number of hydrogen-bond donors (Lipinski definition) is 1. The molecule has 8 nitrogen and oxygen atoms in total. The van der Waals surface area contributed by atoms with E-state index >= 15 is 0 Å². The number of carbonyl (C=O) groups is 4. The zero-order valence-corrected chi connectivity index (χ0v) is 39.5. The highest BCUT2D eigenvalue weighted by atomic mass is 16.5. The fraction of sp³-hybridized carbons (Fsp3) is 0.685. The Hall–Kier alpha value is -3.33. The number of hydrogen-bond acceptors (Lipinski definition) is 8. The minimum Gasteiger partial charge on any atom is -0.389 e. The van der Waals surface area contributed by atoms with Crippen molar-refractivity contribution in [2.24, 2.45) is 51.8 Å². The molecular weight excluding hydrogens is 775 g/mol. The average molecular weight is 856 g/mol. The van der Waals surface area contributed by atoms with Crippen molar-refractivity contribution >= 4 is 29.9 Å². The van der Waals surface area contributed by atoms with Crippen LogP contribution in [0, 0.1) is 46.8 Å². The molecule has 0 spiro atoms. The van der Waals surface area contributed by atoms with Gasteiger partial charge in [0.2, 0.25) is 5.78 Å². The van der Waals surface area contributed by atoms with Crippen LogP contribution in [0.3, 0.4) is 0 Å². The first-order valence-electron chi connectivity index (χ1n) is 24.0. The van der Waals surface area contributed by atoms with Crippen LogP contribution in [0.5, 0.6) is 0 Å². The molecular formula is C54H81NO7. The first-order chi connectivity index (χ1) is 29.5. The molecule has 1 aliphatic heterocycles. The number of allylic oxidation sites excluding steroid dienone is 7. The van der Waals surface area contributed by atoms with Crippen LogP contribution in [0.15, 0.2) is 77.0 Å². The molecule has 62 heavy (non-hydrogen) atoms. The molecule has 0 radical (unpaired) electrons. The maximum atomic E-state index is 13.8. The van der Waals surface area contributed by atoms with Crippen LogP contribution in [0.25, 0.3) is 0 Å². The first-order valence-corrected chi connectivity index (χ1v) is 24.0. The van der Waals surface area contributed by atoms with E-state index in [1.165, 1.54) is 31.8 Å². The van der Waals surface area contributed by atoms with Crippen LogP contribution in [0.1, 0.15) is 158 Å². The maximum Gasteiger partial charge on any atom is 0.226 e. The number of Topliss-reactive ketones (excluding diaryl/α,β-unsaturated/α-hetero) is 4. The predicted octanol–water partition coefficient (Wildman–Crippen LogP) is 11.6. The van der Waals surface area contributed by atoms with E-state index in [9.17, 15) is 24.3 Å². The Morgan fingerprint density at radius 1 is 0.887 bits per heavy atom. The summed E-state index contributed by atoms with van der Waals surface area (Å²) in [4.78, 5) is 54.8. The molecule has 3 saturated carbocycles. The fourth-order valence-corrected chi connectivity index (χ4v) is 9.79. The van der Waals surface area contributed by atoms with Gasteiger partial charge in [-0.1, -0.05) is 82.4 Å². The van der Waals surface area contributed by atoms with E-state index in [-0.39, 0.29) is 35.9 Å². The Balaban J connectivity index is 1.19. The monoisotopic (exact) mass is 856 g/mol. The predicted molar refractivity (Wildman–Crippen MR) is 252 cm³/mol. The van der Waals surface area contributed by atoms with Gasteiger partial charge < -0.3 is 14.6 Å². The standard InChI is InChI=1S/C54H81NO7/c1-10-42(34-55-9)35-61-46-24-27-54(8,28-25-46)26-23-45(43-19-20-43)31-49(57)40(6)30-38(4)48(44-21-22-44)33-51(59)39(5)29-36(2)15-12-11-13-16-37(3)50(58)32-47-17-14-18-52(62-47)53(60)41(7)56/h10-13,15-16,30,34,36,39-40,43-48,50,52,58H,1,9,14,17-29,31-33,35H2,2-8H3/b13-11+,15-12+,37-16+,38-30+,42-34+. The number of ether oxygens (including phenoxy) is 2. The highest BCUT2D eigenvalue weighted by molar-refractivity contribution is 6.37. The van der Waals surface area contributed by atoms with Crippen LogP contribution in [-0.4, -0.2) is 66.0 Å². The molecule has 4 fully saturated rings. The van der Waals surface area contributed by atoms with Gasteiger partial charge in [0, 0.05) is 44.2 Å². The molecule has 3 aliphatic carbocycles. The summed E-state index contributed by atoms with van der Waals surface area (Å²) in [5.41, 5.74) is 3.27. The fourth-order valence-electron chi connectivity index (χ4n) is 9.79. The SMILES string of the molecule is C=C/C(=C\N=C)COC1CCC(C)(CCC(CC(=O)C(C)/C=C(\C)C(CC(=O)C(C)CC(C)/C=C/C=C/C=C(\C)C(O)CC2CCCC(C(=O)C(C)=O)O2)C2CC2)C2CC2)CC1. The van der Waals surface area contributed by atoms with Crippen molar-refractivity contribution in [3.05, 3.63) is 72.0 Å². The minimum absolute atomic E-state index is 0.0535. The van der Waals surface area contributed by atoms with E-state index < -0.39 is 23.8 Å².